The number of ether oxygens (including phenoxy) is 1. The molecule has 0 aliphatic carbocycles. The highest BCUT2D eigenvalue weighted by molar-refractivity contribution is 7.89. The summed E-state index contributed by atoms with van der Waals surface area (Å²) in [5.74, 6) is -0.356. The van der Waals surface area contributed by atoms with Crippen molar-refractivity contribution in [2.45, 2.75) is 24.7 Å². The predicted octanol–water partition coefficient (Wildman–Crippen LogP) is 3.80. The van der Waals surface area contributed by atoms with E-state index in [9.17, 15) is 13.2 Å². The zero-order valence-corrected chi connectivity index (χ0v) is 18.5. The summed E-state index contributed by atoms with van der Waals surface area (Å²) in [7, 11) is -3.78. The van der Waals surface area contributed by atoms with E-state index in [1.165, 1.54) is 12.1 Å². The van der Waals surface area contributed by atoms with E-state index < -0.39 is 10.0 Å². The minimum atomic E-state index is -3.78. The fraction of sp³-hybridized carbons (Fsp3) is 0.160. The molecule has 3 rings (SSSR count). The van der Waals surface area contributed by atoms with Crippen molar-refractivity contribution in [3.63, 3.8) is 0 Å². The molecule has 32 heavy (non-hydrogen) atoms. The van der Waals surface area contributed by atoms with Crippen LogP contribution in [0.1, 0.15) is 27.0 Å². The molecule has 6 nitrogen and oxygen atoms in total. The van der Waals surface area contributed by atoms with Crippen LogP contribution in [0.4, 0.5) is 0 Å². The van der Waals surface area contributed by atoms with Crippen molar-refractivity contribution in [2.75, 3.05) is 6.54 Å². The standard InChI is InChI=1S/C25H26N2O4S/c1-2-14-26-25(28)23-12-7-13-24(16-23)32(29,30)27-17-21-10-6-11-22(15-21)19-31-18-20-8-4-3-5-9-20/h2-13,15-16,27H,1,14,17-19H2,(H,26,28). The molecule has 0 saturated heterocycles. The van der Waals surface area contributed by atoms with E-state index >= 15 is 0 Å². The number of hydrogen-bond donors (Lipinski definition) is 2. The van der Waals surface area contributed by atoms with Crippen LogP contribution in [0.5, 0.6) is 0 Å². The molecule has 0 aromatic heterocycles. The van der Waals surface area contributed by atoms with Gasteiger partial charge in [-0.25, -0.2) is 13.1 Å². The Morgan fingerprint density at radius 2 is 1.56 bits per heavy atom. The minimum Gasteiger partial charge on any atom is -0.372 e. The van der Waals surface area contributed by atoms with Crippen LogP contribution >= 0.6 is 0 Å². The normalized spacial score (nSPS) is 11.1. The third-order valence-corrected chi connectivity index (χ3v) is 6.05. The van der Waals surface area contributed by atoms with Gasteiger partial charge in [0.05, 0.1) is 18.1 Å². The van der Waals surface area contributed by atoms with E-state index in [0.717, 1.165) is 16.7 Å². The summed E-state index contributed by atoms with van der Waals surface area (Å²) >= 11 is 0. The molecule has 0 aliphatic rings. The van der Waals surface area contributed by atoms with Gasteiger partial charge in [0.2, 0.25) is 10.0 Å². The van der Waals surface area contributed by atoms with Crippen LogP contribution in [0.3, 0.4) is 0 Å². The summed E-state index contributed by atoms with van der Waals surface area (Å²) in [6.45, 7) is 4.91. The van der Waals surface area contributed by atoms with Crippen LogP contribution in [-0.4, -0.2) is 20.9 Å². The Labute approximate surface area is 189 Å². The van der Waals surface area contributed by atoms with Crippen LogP contribution in [0.25, 0.3) is 0 Å². The van der Waals surface area contributed by atoms with Crippen LogP contribution < -0.4 is 10.0 Å². The SMILES string of the molecule is C=CCNC(=O)c1cccc(S(=O)(=O)NCc2cccc(COCc3ccccc3)c2)c1. The molecule has 1 amide bonds. The second-order valence-electron chi connectivity index (χ2n) is 7.15. The number of sulfonamides is 1. The van der Waals surface area contributed by atoms with Gasteiger partial charge in [-0.2, -0.15) is 0 Å². The molecule has 0 aliphatic heterocycles. The van der Waals surface area contributed by atoms with Crippen molar-refractivity contribution < 1.29 is 17.9 Å². The van der Waals surface area contributed by atoms with Gasteiger partial charge >= 0.3 is 0 Å². The van der Waals surface area contributed by atoms with Crippen LogP contribution in [0, 0.1) is 0 Å². The maximum Gasteiger partial charge on any atom is 0.251 e. The summed E-state index contributed by atoms with van der Waals surface area (Å²) < 4.78 is 33.8. The minimum absolute atomic E-state index is 0.0334. The number of hydrogen-bond acceptors (Lipinski definition) is 4. The Kier molecular flexibility index (Phi) is 8.33. The van der Waals surface area contributed by atoms with Crippen molar-refractivity contribution in [1.29, 1.82) is 0 Å². The number of carbonyl (C=O) groups excluding carboxylic acids is 1. The summed E-state index contributed by atoms with van der Waals surface area (Å²) in [6.07, 6.45) is 1.56. The van der Waals surface area contributed by atoms with Crippen LogP contribution in [0.15, 0.2) is 96.4 Å². The molecule has 166 valence electrons. The molecular formula is C25H26N2O4S. The lowest BCUT2D eigenvalue weighted by atomic mass is 10.1. The van der Waals surface area contributed by atoms with Gasteiger partial charge in [-0.3, -0.25) is 4.79 Å². The van der Waals surface area contributed by atoms with Gasteiger partial charge in [0.1, 0.15) is 0 Å². The lowest BCUT2D eigenvalue weighted by Crippen LogP contribution is -2.25. The summed E-state index contributed by atoms with van der Waals surface area (Å²) in [5.41, 5.74) is 3.14. The number of benzene rings is 3. The predicted molar refractivity (Wildman–Crippen MR) is 124 cm³/mol. The molecule has 0 heterocycles. The first-order valence-corrected chi connectivity index (χ1v) is 11.6. The summed E-state index contributed by atoms with van der Waals surface area (Å²) in [6, 6.07) is 23.4. The highest BCUT2D eigenvalue weighted by Crippen LogP contribution is 2.14. The van der Waals surface area contributed by atoms with Gasteiger partial charge in [-0.15, -0.1) is 6.58 Å². The smallest absolute Gasteiger partial charge is 0.251 e. The Balaban J connectivity index is 1.59. The van der Waals surface area contributed by atoms with E-state index in [4.69, 9.17) is 4.74 Å². The number of rotatable bonds is 11. The topological polar surface area (TPSA) is 84.5 Å². The molecule has 0 radical (unpaired) electrons. The van der Waals surface area contributed by atoms with E-state index in [1.807, 2.05) is 54.6 Å². The first-order chi connectivity index (χ1) is 15.5. The summed E-state index contributed by atoms with van der Waals surface area (Å²) in [5, 5.41) is 2.63. The molecule has 0 bridgehead atoms. The molecule has 7 heteroatoms. The lowest BCUT2D eigenvalue weighted by molar-refractivity contribution is 0.0958. The highest BCUT2D eigenvalue weighted by atomic mass is 32.2. The van der Waals surface area contributed by atoms with Crippen LogP contribution in [0.2, 0.25) is 0 Å². The van der Waals surface area contributed by atoms with Gasteiger partial charge in [0, 0.05) is 18.7 Å². The summed E-state index contributed by atoms with van der Waals surface area (Å²) in [4.78, 5) is 12.1. The second kappa shape index (κ2) is 11.4. The van der Waals surface area contributed by atoms with Gasteiger partial charge in [-0.1, -0.05) is 66.7 Å². The quantitative estimate of drug-likeness (QED) is 0.435. The van der Waals surface area contributed by atoms with Crippen molar-refractivity contribution in [2.24, 2.45) is 0 Å². The van der Waals surface area contributed by atoms with Crippen molar-refractivity contribution >= 4 is 15.9 Å². The second-order valence-corrected chi connectivity index (χ2v) is 8.92. The zero-order chi connectivity index (χ0) is 22.8. The Bertz CT molecular complexity index is 1160. The van der Waals surface area contributed by atoms with Gasteiger partial charge in [-0.05, 0) is 34.9 Å². The van der Waals surface area contributed by atoms with E-state index in [1.54, 1.807) is 18.2 Å². The molecule has 0 saturated carbocycles. The first-order valence-electron chi connectivity index (χ1n) is 10.2. The van der Waals surface area contributed by atoms with E-state index in [-0.39, 0.29) is 22.9 Å². The molecule has 2 N–H and O–H groups in total. The lowest BCUT2D eigenvalue weighted by Gasteiger charge is -2.10. The number of carbonyl (C=O) groups is 1. The van der Waals surface area contributed by atoms with Crippen molar-refractivity contribution in [1.82, 2.24) is 10.0 Å². The molecule has 0 spiro atoms. The molecule has 3 aromatic carbocycles. The molecular weight excluding hydrogens is 424 g/mol. The highest BCUT2D eigenvalue weighted by Gasteiger charge is 2.16. The molecule has 0 fully saturated rings. The molecule has 0 atom stereocenters. The average molecular weight is 451 g/mol. The molecule has 0 unspecified atom stereocenters. The number of nitrogens with one attached hydrogen (secondary N) is 2. The maximum atomic E-state index is 12.7. The first kappa shape index (κ1) is 23.4. The van der Waals surface area contributed by atoms with Gasteiger partial charge in [0.25, 0.3) is 5.91 Å². The Hall–Kier alpha value is -3.26. The fourth-order valence-electron chi connectivity index (χ4n) is 3.02. The van der Waals surface area contributed by atoms with Crippen molar-refractivity contribution in [3.8, 4) is 0 Å². The zero-order valence-electron chi connectivity index (χ0n) is 17.7. The number of amides is 1. The third kappa shape index (κ3) is 6.88. The van der Waals surface area contributed by atoms with E-state index in [2.05, 4.69) is 16.6 Å². The Morgan fingerprint density at radius 3 is 2.34 bits per heavy atom. The maximum absolute atomic E-state index is 12.7. The largest absolute Gasteiger partial charge is 0.372 e. The van der Waals surface area contributed by atoms with Crippen LogP contribution in [-0.2, 0) is 34.5 Å². The average Bonchev–Trinajstić information content (AvgIpc) is 2.82. The third-order valence-electron chi connectivity index (χ3n) is 4.65. The van der Waals surface area contributed by atoms with E-state index in [0.29, 0.717) is 19.8 Å². The van der Waals surface area contributed by atoms with Crippen molar-refractivity contribution in [3.05, 3.63) is 114 Å². The molecule has 3 aromatic rings. The van der Waals surface area contributed by atoms with Gasteiger partial charge in [0.15, 0.2) is 0 Å². The van der Waals surface area contributed by atoms with Gasteiger partial charge < -0.3 is 10.1 Å². The monoisotopic (exact) mass is 450 g/mol. The fourth-order valence-corrected chi connectivity index (χ4v) is 4.09. The Morgan fingerprint density at radius 1 is 0.875 bits per heavy atom.